The van der Waals surface area contributed by atoms with E-state index in [0.29, 0.717) is 31.2 Å². The second-order valence-electron chi connectivity index (χ2n) is 10.2. The average Bonchev–Trinajstić information content (AvgIpc) is 2.64. The van der Waals surface area contributed by atoms with Crippen molar-refractivity contribution < 1.29 is 18.0 Å². The number of rotatable bonds is 3. The quantitative estimate of drug-likeness (QED) is 0.729. The summed E-state index contributed by atoms with van der Waals surface area (Å²) in [7, 11) is -3.50. The lowest BCUT2D eigenvalue weighted by Crippen LogP contribution is -2.68. The average molecular weight is 440 g/mol. The molecular weight excluding hydrogens is 402 g/mol. The largest absolute Gasteiger partial charge is 0.335 e. The molecule has 0 aromatic heterocycles. The van der Waals surface area contributed by atoms with Gasteiger partial charge >= 0.3 is 0 Å². The number of piperazine rings is 1. The number of carbonyl (C=O) groups is 2. The fourth-order valence-electron chi connectivity index (χ4n) is 6.68. The van der Waals surface area contributed by atoms with Gasteiger partial charge in [-0.25, -0.2) is 13.6 Å². The van der Waals surface area contributed by atoms with Crippen LogP contribution in [0.25, 0.3) is 0 Å². The molecule has 2 N–H and O–H groups in total. The molecule has 3 saturated carbocycles. The van der Waals surface area contributed by atoms with Crippen molar-refractivity contribution in [2.45, 2.75) is 101 Å². The zero-order valence-corrected chi connectivity index (χ0v) is 19.1. The molecule has 7 nitrogen and oxygen atoms in total. The number of sulfonamides is 1. The minimum absolute atomic E-state index is 0.0470. The molecule has 0 aromatic rings. The van der Waals surface area contributed by atoms with Crippen molar-refractivity contribution in [3.05, 3.63) is 0 Å². The SMILES string of the molecule is CC(=O)N1C2CCC(C3CCCC(S(N)(=O)=O)C3)CC2N(C(=O)C2CCC2)C[C@@H]1C. The Morgan fingerprint density at radius 1 is 0.900 bits per heavy atom. The molecule has 1 heterocycles. The van der Waals surface area contributed by atoms with Crippen LogP contribution in [-0.4, -0.2) is 60.0 Å². The third-order valence-electron chi connectivity index (χ3n) is 8.41. The number of primary sulfonamides is 1. The minimum atomic E-state index is -3.50. The molecule has 4 rings (SSSR count). The number of nitrogens with two attached hydrogens (primary N) is 1. The maximum absolute atomic E-state index is 13.3. The molecule has 30 heavy (non-hydrogen) atoms. The Hall–Kier alpha value is -1.15. The van der Waals surface area contributed by atoms with Crippen LogP contribution in [0.2, 0.25) is 0 Å². The van der Waals surface area contributed by atoms with Gasteiger partial charge in [0.15, 0.2) is 0 Å². The molecule has 6 atom stereocenters. The van der Waals surface area contributed by atoms with Crippen molar-refractivity contribution in [1.82, 2.24) is 9.80 Å². The van der Waals surface area contributed by atoms with Gasteiger partial charge in [0.25, 0.3) is 0 Å². The third-order valence-corrected chi connectivity index (χ3v) is 9.77. The molecule has 0 aromatic carbocycles. The van der Waals surface area contributed by atoms with Crippen LogP contribution in [0.5, 0.6) is 0 Å². The Morgan fingerprint density at radius 2 is 1.57 bits per heavy atom. The van der Waals surface area contributed by atoms with E-state index in [1.807, 2.05) is 4.90 Å². The molecule has 4 aliphatic rings. The van der Waals surface area contributed by atoms with Gasteiger partial charge in [-0.1, -0.05) is 19.3 Å². The molecule has 0 spiro atoms. The first kappa shape index (κ1) is 22.1. The number of fused-ring (bicyclic) bond motifs is 1. The van der Waals surface area contributed by atoms with Crippen LogP contribution in [0.15, 0.2) is 0 Å². The van der Waals surface area contributed by atoms with Gasteiger partial charge in [0, 0.05) is 25.4 Å². The second kappa shape index (κ2) is 8.41. The molecule has 170 valence electrons. The van der Waals surface area contributed by atoms with E-state index in [0.717, 1.165) is 51.4 Å². The molecule has 2 amide bonds. The van der Waals surface area contributed by atoms with Crippen LogP contribution in [0.1, 0.15) is 78.1 Å². The molecule has 1 saturated heterocycles. The van der Waals surface area contributed by atoms with E-state index in [2.05, 4.69) is 11.8 Å². The van der Waals surface area contributed by atoms with Gasteiger partial charge in [-0.05, 0) is 63.7 Å². The molecule has 5 unspecified atom stereocenters. The van der Waals surface area contributed by atoms with Crippen molar-refractivity contribution >= 4 is 21.8 Å². The lowest BCUT2D eigenvalue weighted by atomic mass is 9.69. The van der Waals surface area contributed by atoms with E-state index in [4.69, 9.17) is 5.14 Å². The van der Waals surface area contributed by atoms with Crippen molar-refractivity contribution in [2.24, 2.45) is 22.9 Å². The molecule has 0 radical (unpaired) electrons. The highest BCUT2D eigenvalue weighted by atomic mass is 32.2. The first-order valence-electron chi connectivity index (χ1n) is 11.8. The third kappa shape index (κ3) is 4.14. The molecule has 8 heteroatoms. The van der Waals surface area contributed by atoms with Gasteiger partial charge in [-0.3, -0.25) is 9.59 Å². The van der Waals surface area contributed by atoms with Crippen LogP contribution in [0.3, 0.4) is 0 Å². The molecule has 0 bridgehead atoms. The van der Waals surface area contributed by atoms with Gasteiger partial charge in [-0.2, -0.15) is 0 Å². The zero-order chi connectivity index (χ0) is 21.6. The van der Waals surface area contributed by atoms with E-state index >= 15 is 0 Å². The van der Waals surface area contributed by atoms with Crippen LogP contribution in [0.4, 0.5) is 0 Å². The van der Waals surface area contributed by atoms with Crippen molar-refractivity contribution in [3.8, 4) is 0 Å². The molecular formula is C22H37N3O4S. The summed E-state index contributed by atoms with van der Waals surface area (Å²) in [5.74, 6) is 1.27. The topological polar surface area (TPSA) is 101 Å². The summed E-state index contributed by atoms with van der Waals surface area (Å²) in [6, 6.07) is 0.196. The summed E-state index contributed by atoms with van der Waals surface area (Å²) >= 11 is 0. The predicted molar refractivity (Wildman–Crippen MR) is 115 cm³/mol. The van der Waals surface area contributed by atoms with Crippen LogP contribution in [-0.2, 0) is 19.6 Å². The van der Waals surface area contributed by atoms with E-state index in [-0.39, 0.29) is 35.9 Å². The number of nitrogens with zero attached hydrogens (tertiary/aromatic N) is 2. The van der Waals surface area contributed by atoms with E-state index < -0.39 is 15.3 Å². The Labute approximate surface area is 180 Å². The lowest BCUT2D eigenvalue weighted by molar-refractivity contribution is -0.159. The maximum Gasteiger partial charge on any atom is 0.226 e. The number of hydrogen-bond acceptors (Lipinski definition) is 4. The predicted octanol–water partition coefficient (Wildman–Crippen LogP) is 2.25. The van der Waals surface area contributed by atoms with Crippen molar-refractivity contribution in [1.29, 1.82) is 0 Å². The minimum Gasteiger partial charge on any atom is -0.335 e. The van der Waals surface area contributed by atoms with Crippen LogP contribution in [0, 0.1) is 17.8 Å². The normalized spacial score (nSPS) is 38.0. The van der Waals surface area contributed by atoms with E-state index in [1.165, 1.54) is 0 Å². The first-order chi connectivity index (χ1) is 14.2. The highest BCUT2D eigenvalue weighted by Gasteiger charge is 2.49. The smallest absolute Gasteiger partial charge is 0.226 e. The highest BCUT2D eigenvalue weighted by Crippen LogP contribution is 2.44. The van der Waals surface area contributed by atoms with Gasteiger partial charge in [0.2, 0.25) is 21.8 Å². The van der Waals surface area contributed by atoms with Crippen LogP contribution < -0.4 is 5.14 Å². The summed E-state index contributed by atoms with van der Waals surface area (Å²) in [6.07, 6.45) is 9.11. The van der Waals surface area contributed by atoms with Crippen LogP contribution >= 0.6 is 0 Å². The summed E-state index contributed by atoms with van der Waals surface area (Å²) in [6.45, 7) is 4.32. The number of carbonyl (C=O) groups excluding carboxylic acids is 2. The summed E-state index contributed by atoms with van der Waals surface area (Å²) in [5, 5.41) is 5.04. The molecule has 1 aliphatic heterocycles. The fraction of sp³-hybridized carbons (Fsp3) is 0.909. The lowest BCUT2D eigenvalue weighted by Gasteiger charge is -2.55. The van der Waals surface area contributed by atoms with Crippen molar-refractivity contribution in [3.63, 3.8) is 0 Å². The van der Waals surface area contributed by atoms with Gasteiger partial charge in [0.1, 0.15) is 0 Å². The fourth-order valence-corrected chi connectivity index (χ4v) is 7.69. The maximum atomic E-state index is 13.3. The Kier molecular flexibility index (Phi) is 6.19. The standard InChI is InChI=1S/C22H37N3O4S/c1-14-13-24(22(27)16-5-3-6-16)21-12-18(9-10-20(21)25(14)15(2)26)17-7-4-8-19(11-17)30(23,28)29/h14,16-21H,3-13H2,1-2H3,(H2,23,28,29)/t14-,17?,18?,19?,20?,21?/m0/s1. The summed E-state index contributed by atoms with van der Waals surface area (Å²) < 4.78 is 23.9. The van der Waals surface area contributed by atoms with Gasteiger partial charge in [-0.15, -0.1) is 0 Å². The Balaban J connectivity index is 1.54. The van der Waals surface area contributed by atoms with Gasteiger partial charge in [0.05, 0.1) is 17.3 Å². The first-order valence-corrected chi connectivity index (χ1v) is 13.4. The molecule has 4 fully saturated rings. The number of hydrogen-bond donors (Lipinski definition) is 1. The summed E-state index contributed by atoms with van der Waals surface area (Å²) in [4.78, 5) is 29.8. The molecule has 3 aliphatic carbocycles. The van der Waals surface area contributed by atoms with Gasteiger partial charge < -0.3 is 9.80 Å². The Morgan fingerprint density at radius 3 is 2.17 bits per heavy atom. The Bertz CT molecular complexity index is 781. The number of amides is 2. The highest BCUT2D eigenvalue weighted by molar-refractivity contribution is 7.89. The summed E-state index contributed by atoms with van der Waals surface area (Å²) in [5.41, 5.74) is 0. The van der Waals surface area contributed by atoms with E-state index in [1.54, 1.807) is 6.92 Å². The second-order valence-corrected chi connectivity index (χ2v) is 12.1. The van der Waals surface area contributed by atoms with E-state index in [9.17, 15) is 18.0 Å². The zero-order valence-electron chi connectivity index (χ0n) is 18.3. The van der Waals surface area contributed by atoms with Crippen molar-refractivity contribution in [2.75, 3.05) is 6.54 Å². The monoisotopic (exact) mass is 439 g/mol.